The number of alkyl carbamates (subject to hydrolysis) is 1. The SMILES string of the molecule is CC(C)=C1OC(=O)N(c2cc(OC3CCCC3)c(Cl)cc2F)C1=O.O=C1COC(=O)N1. The Morgan fingerprint density at radius 1 is 1.19 bits per heavy atom. The molecule has 1 saturated carbocycles. The van der Waals surface area contributed by atoms with E-state index < -0.39 is 23.9 Å². The third kappa shape index (κ3) is 5.13. The number of nitrogens with one attached hydrogen (secondary N) is 1. The molecule has 4 rings (SSSR count). The molecule has 2 aliphatic heterocycles. The Bertz CT molecular complexity index is 955. The van der Waals surface area contributed by atoms with Crippen molar-refractivity contribution in [1.29, 1.82) is 0 Å². The summed E-state index contributed by atoms with van der Waals surface area (Å²) >= 11 is 6.04. The average molecular weight is 455 g/mol. The Morgan fingerprint density at radius 3 is 2.35 bits per heavy atom. The average Bonchev–Trinajstić information content (AvgIpc) is 3.40. The van der Waals surface area contributed by atoms with Crippen LogP contribution in [0.2, 0.25) is 5.02 Å². The fraction of sp³-hybridized carbons (Fsp3) is 0.400. The van der Waals surface area contributed by atoms with Crippen LogP contribution in [-0.2, 0) is 19.1 Å². The van der Waals surface area contributed by atoms with E-state index in [4.69, 9.17) is 21.1 Å². The van der Waals surface area contributed by atoms with Crippen LogP contribution in [0.25, 0.3) is 0 Å². The van der Waals surface area contributed by atoms with Gasteiger partial charge in [-0.2, -0.15) is 0 Å². The minimum Gasteiger partial charge on any atom is -0.489 e. The van der Waals surface area contributed by atoms with Gasteiger partial charge in [-0.1, -0.05) is 11.6 Å². The number of halogens is 2. The van der Waals surface area contributed by atoms with Crippen LogP contribution in [0.4, 0.5) is 19.7 Å². The van der Waals surface area contributed by atoms with Crippen LogP contribution >= 0.6 is 11.6 Å². The van der Waals surface area contributed by atoms with E-state index in [1.54, 1.807) is 13.8 Å². The molecule has 9 nitrogen and oxygen atoms in total. The largest absolute Gasteiger partial charge is 0.489 e. The van der Waals surface area contributed by atoms with Crippen LogP contribution in [-0.4, -0.2) is 36.7 Å². The number of carbonyl (C=O) groups excluding carboxylic acids is 4. The molecular weight excluding hydrogens is 435 g/mol. The molecule has 1 aromatic rings. The molecule has 0 bridgehead atoms. The number of amides is 4. The van der Waals surface area contributed by atoms with Gasteiger partial charge in [0.25, 0.3) is 5.91 Å². The Morgan fingerprint density at radius 2 is 1.87 bits per heavy atom. The summed E-state index contributed by atoms with van der Waals surface area (Å²) in [5.74, 6) is -1.70. The van der Waals surface area contributed by atoms with E-state index >= 15 is 0 Å². The first-order valence-electron chi connectivity index (χ1n) is 9.53. The van der Waals surface area contributed by atoms with E-state index in [0.717, 1.165) is 31.7 Å². The van der Waals surface area contributed by atoms with Crippen molar-refractivity contribution in [3.05, 3.63) is 34.3 Å². The summed E-state index contributed by atoms with van der Waals surface area (Å²) in [5, 5.41) is 2.02. The number of benzene rings is 1. The van der Waals surface area contributed by atoms with Crippen LogP contribution < -0.4 is 15.0 Å². The highest BCUT2D eigenvalue weighted by atomic mass is 35.5. The van der Waals surface area contributed by atoms with E-state index in [0.29, 0.717) is 10.5 Å². The first kappa shape index (κ1) is 22.5. The van der Waals surface area contributed by atoms with Gasteiger partial charge in [0.2, 0.25) is 0 Å². The van der Waals surface area contributed by atoms with Crippen molar-refractivity contribution in [2.75, 3.05) is 11.5 Å². The number of carbonyl (C=O) groups is 4. The molecule has 0 spiro atoms. The molecule has 2 heterocycles. The number of ether oxygens (including phenoxy) is 3. The van der Waals surface area contributed by atoms with Crippen LogP contribution in [0.1, 0.15) is 39.5 Å². The zero-order valence-corrected chi connectivity index (χ0v) is 17.6. The van der Waals surface area contributed by atoms with Gasteiger partial charge in [0.05, 0.1) is 16.8 Å². The van der Waals surface area contributed by atoms with E-state index in [2.05, 4.69) is 4.74 Å². The summed E-state index contributed by atoms with van der Waals surface area (Å²) in [6.45, 7) is 3.15. The molecule has 31 heavy (non-hydrogen) atoms. The quantitative estimate of drug-likeness (QED) is 0.691. The zero-order valence-electron chi connectivity index (χ0n) is 16.8. The number of imide groups is 2. The number of rotatable bonds is 3. The topological polar surface area (TPSA) is 111 Å². The van der Waals surface area contributed by atoms with Crippen LogP contribution in [0.3, 0.4) is 0 Å². The van der Waals surface area contributed by atoms with Crippen molar-refractivity contribution in [2.45, 2.75) is 45.6 Å². The second kappa shape index (κ2) is 9.34. The van der Waals surface area contributed by atoms with Gasteiger partial charge in [-0.3, -0.25) is 14.9 Å². The van der Waals surface area contributed by atoms with E-state index in [1.807, 2.05) is 5.32 Å². The lowest BCUT2D eigenvalue weighted by molar-refractivity contribution is -0.119. The van der Waals surface area contributed by atoms with Gasteiger partial charge in [-0.25, -0.2) is 18.9 Å². The maximum atomic E-state index is 14.3. The normalized spacial score (nSPS) is 18.5. The third-order valence-corrected chi connectivity index (χ3v) is 4.93. The summed E-state index contributed by atoms with van der Waals surface area (Å²) < 4.78 is 29.2. The molecule has 0 aromatic heterocycles. The molecular formula is C20H20ClFN2O7. The summed E-state index contributed by atoms with van der Waals surface area (Å²) in [6, 6.07) is 2.32. The molecule has 1 N–H and O–H groups in total. The summed E-state index contributed by atoms with van der Waals surface area (Å²) in [6.07, 6.45) is 2.35. The third-order valence-electron chi connectivity index (χ3n) is 4.64. The fourth-order valence-electron chi connectivity index (χ4n) is 3.17. The van der Waals surface area contributed by atoms with Crippen molar-refractivity contribution < 1.29 is 37.8 Å². The number of hydrogen-bond acceptors (Lipinski definition) is 7. The Balaban J connectivity index is 0.000000330. The summed E-state index contributed by atoms with van der Waals surface area (Å²) in [5.41, 5.74) is 0.311. The van der Waals surface area contributed by atoms with E-state index in [1.165, 1.54) is 6.07 Å². The Kier molecular flexibility index (Phi) is 6.79. The molecule has 3 fully saturated rings. The van der Waals surface area contributed by atoms with Gasteiger partial charge in [-0.05, 0) is 51.2 Å². The van der Waals surface area contributed by atoms with E-state index in [9.17, 15) is 23.6 Å². The monoisotopic (exact) mass is 454 g/mol. The molecule has 3 aliphatic rings. The lowest BCUT2D eigenvalue weighted by Gasteiger charge is -2.18. The predicted molar refractivity (Wildman–Crippen MR) is 106 cm³/mol. The van der Waals surface area contributed by atoms with Crippen LogP contribution in [0.15, 0.2) is 23.5 Å². The first-order chi connectivity index (χ1) is 14.7. The first-order valence-corrected chi connectivity index (χ1v) is 9.91. The molecule has 11 heteroatoms. The highest BCUT2D eigenvalue weighted by Gasteiger charge is 2.40. The van der Waals surface area contributed by atoms with Crippen molar-refractivity contribution in [3.8, 4) is 5.75 Å². The zero-order chi connectivity index (χ0) is 22.7. The maximum Gasteiger partial charge on any atom is 0.427 e. The van der Waals surface area contributed by atoms with Crippen LogP contribution in [0, 0.1) is 5.82 Å². The number of nitrogens with zero attached hydrogens (tertiary/aromatic N) is 1. The van der Waals surface area contributed by atoms with Crippen molar-refractivity contribution in [3.63, 3.8) is 0 Å². The standard InChI is InChI=1S/C17H17ClFNO4.C3H3NO3/c1-9(2)15-16(21)20(17(22)24-15)13-8-14(11(18)7-12(13)19)23-10-5-3-4-6-10;5-2-1-7-3(6)4-2/h7-8,10H,3-6H2,1-2H3;1H2,(H,4,5,6). The number of anilines is 1. The molecule has 0 unspecified atom stereocenters. The van der Waals surface area contributed by atoms with Gasteiger partial charge in [0.1, 0.15) is 11.6 Å². The number of allylic oxidation sites excluding steroid dienone is 1. The lowest BCUT2D eigenvalue weighted by atomic mass is 10.2. The highest BCUT2D eigenvalue weighted by molar-refractivity contribution is 6.32. The van der Waals surface area contributed by atoms with Gasteiger partial charge >= 0.3 is 18.1 Å². The number of hydrogen-bond donors (Lipinski definition) is 1. The minimum atomic E-state index is -0.941. The predicted octanol–water partition coefficient (Wildman–Crippen LogP) is 3.83. The van der Waals surface area contributed by atoms with E-state index in [-0.39, 0.29) is 40.8 Å². The lowest BCUT2D eigenvalue weighted by Crippen LogP contribution is -2.29. The van der Waals surface area contributed by atoms with Crippen molar-refractivity contribution in [2.24, 2.45) is 0 Å². The van der Waals surface area contributed by atoms with Gasteiger partial charge in [-0.15, -0.1) is 0 Å². The molecule has 1 aromatic carbocycles. The Labute approximate surface area is 182 Å². The second-order valence-electron chi connectivity index (χ2n) is 7.22. The summed E-state index contributed by atoms with van der Waals surface area (Å²) in [4.78, 5) is 44.9. The maximum absolute atomic E-state index is 14.3. The van der Waals surface area contributed by atoms with Gasteiger partial charge in [0.15, 0.2) is 12.4 Å². The summed E-state index contributed by atoms with van der Waals surface area (Å²) in [7, 11) is 0. The number of cyclic esters (lactones) is 2. The van der Waals surface area contributed by atoms with Crippen LogP contribution in [0.5, 0.6) is 5.75 Å². The molecule has 4 amide bonds. The van der Waals surface area contributed by atoms with Gasteiger partial charge in [0, 0.05) is 6.07 Å². The molecule has 0 atom stereocenters. The molecule has 0 radical (unpaired) electrons. The highest BCUT2D eigenvalue weighted by Crippen LogP contribution is 2.37. The fourth-order valence-corrected chi connectivity index (χ4v) is 3.36. The molecule has 1 aliphatic carbocycles. The van der Waals surface area contributed by atoms with Crippen molar-refractivity contribution >= 4 is 41.3 Å². The van der Waals surface area contributed by atoms with Gasteiger partial charge < -0.3 is 14.2 Å². The Hall–Kier alpha value is -3.14. The van der Waals surface area contributed by atoms with Crippen molar-refractivity contribution in [1.82, 2.24) is 5.32 Å². The second-order valence-corrected chi connectivity index (χ2v) is 7.63. The minimum absolute atomic E-state index is 0.00962. The smallest absolute Gasteiger partial charge is 0.427 e. The molecule has 2 saturated heterocycles. The molecule has 166 valence electrons.